The van der Waals surface area contributed by atoms with Crippen molar-refractivity contribution in [3.8, 4) is 0 Å². The number of carbonyl (C=O) groups is 3. The molecule has 0 bridgehead atoms. The van der Waals surface area contributed by atoms with Gasteiger partial charge in [0.1, 0.15) is 6.04 Å². The number of amides is 2. The van der Waals surface area contributed by atoms with Crippen molar-refractivity contribution in [2.75, 3.05) is 13.7 Å². The molecular weight excluding hydrogens is 340 g/mol. The van der Waals surface area contributed by atoms with E-state index in [0.717, 1.165) is 5.56 Å². The van der Waals surface area contributed by atoms with Gasteiger partial charge in [-0.3, -0.25) is 9.59 Å². The lowest BCUT2D eigenvalue weighted by Crippen LogP contribution is -2.41. The van der Waals surface area contributed by atoms with E-state index in [1.165, 1.54) is 11.8 Å². The zero-order valence-electron chi connectivity index (χ0n) is 14.1. The zero-order valence-corrected chi connectivity index (χ0v) is 14.9. The summed E-state index contributed by atoms with van der Waals surface area (Å²) in [6, 6.07) is 9.66. The summed E-state index contributed by atoms with van der Waals surface area (Å²) in [6.45, 7) is 1.62. The van der Waals surface area contributed by atoms with Crippen LogP contribution < -0.4 is 5.32 Å². The summed E-state index contributed by atoms with van der Waals surface area (Å²) < 4.78 is 5.00. The maximum absolute atomic E-state index is 12.0. The lowest BCUT2D eigenvalue weighted by molar-refractivity contribution is -0.152. The molecule has 0 saturated heterocycles. The molecule has 1 unspecified atom stereocenters. The molecule has 25 heavy (non-hydrogen) atoms. The predicted molar refractivity (Wildman–Crippen MR) is 95.1 cm³/mol. The fourth-order valence-electron chi connectivity index (χ4n) is 2.04. The van der Waals surface area contributed by atoms with E-state index in [4.69, 9.17) is 4.74 Å². The first kappa shape index (κ1) is 18.7. The van der Waals surface area contributed by atoms with Crippen LogP contribution in [-0.4, -0.2) is 42.4 Å². The van der Waals surface area contributed by atoms with Crippen molar-refractivity contribution in [2.45, 2.75) is 19.5 Å². The second kappa shape index (κ2) is 8.98. The summed E-state index contributed by atoms with van der Waals surface area (Å²) in [5, 5.41) is 6.44. The number of carbonyl (C=O) groups excluding carboxylic acids is 3. The molecule has 2 amide bonds. The average Bonchev–Trinajstić information content (AvgIpc) is 3.12. The van der Waals surface area contributed by atoms with Gasteiger partial charge >= 0.3 is 5.97 Å². The summed E-state index contributed by atoms with van der Waals surface area (Å²) in [5.41, 5.74) is 1.48. The Kier molecular flexibility index (Phi) is 6.71. The van der Waals surface area contributed by atoms with Crippen LogP contribution in [0.3, 0.4) is 0 Å². The monoisotopic (exact) mass is 360 g/mol. The van der Waals surface area contributed by atoms with Gasteiger partial charge in [-0.05, 0) is 41.4 Å². The number of nitrogens with one attached hydrogen (secondary N) is 1. The first-order chi connectivity index (χ1) is 12.0. The second-order valence-electron chi connectivity index (χ2n) is 5.55. The second-order valence-corrected chi connectivity index (χ2v) is 6.33. The molecule has 0 aliphatic carbocycles. The van der Waals surface area contributed by atoms with Gasteiger partial charge in [0.2, 0.25) is 0 Å². The topological polar surface area (TPSA) is 75.7 Å². The van der Waals surface area contributed by atoms with Gasteiger partial charge in [-0.2, -0.15) is 11.3 Å². The average molecular weight is 360 g/mol. The van der Waals surface area contributed by atoms with Gasteiger partial charge in [-0.15, -0.1) is 0 Å². The molecule has 0 aliphatic rings. The van der Waals surface area contributed by atoms with E-state index in [2.05, 4.69) is 5.32 Å². The minimum absolute atomic E-state index is 0.305. The van der Waals surface area contributed by atoms with Crippen LogP contribution in [0.25, 0.3) is 0 Å². The number of nitrogens with zero attached hydrogens (tertiary/aromatic N) is 1. The van der Waals surface area contributed by atoms with Gasteiger partial charge in [-0.1, -0.05) is 18.2 Å². The number of likely N-dealkylation sites (N-methyl/N-ethyl adjacent to an activating group) is 1. The number of hydrogen-bond donors (Lipinski definition) is 1. The Hall–Kier alpha value is -2.67. The van der Waals surface area contributed by atoms with E-state index in [1.54, 1.807) is 48.7 Å². The lowest BCUT2D eigenvalue weighted by atomic mass is 10.2. The molecule has 1 heterocycles. The zero-order chi connectivity index (χ0) is 18.2. The highest BCUT2D eigenvalue weighted by Crippen LogP contribution is 2.08. The molecule has 1 N–H and O–H groups in total. The van der Waals surface area contributed by atoms with Crippen molar-refractivity contribution in [3.05, 3.63) is 58.3 Å². The van der Waals surface area contributed by atoms with Gasteiger partial charge < -0.3 is 15.0 Å². The number of rotatable bonds is 7. The number of thiophene rings is 1. The van der Waals surface area contributed by atoms with Crippen LogP contribution in [0.5, 0.6) is 0 Å². The molecule has 2 aromatic rings. The van der Waals surface area contributed by atoms with Crippen LogP contribution in [0.2, 0.25) is 0 Å². The third-order valence-corrected chi connectivity index (χ3v) is 4.23. The van der Waals surface area contributed by atoms with Crippen molar-refractivity contribution in [3.63, 3.8) is 0 Å². The normalized spacial score (nSPS) is 11.4. The SMILES string of the molecule is CC(NC(=O)c1ccccc1)C(=O)OCC(=O)N(C)Cc1ccsc1. The van der Waals surface area contributed by atoms with Gasteiger partial charge in [0.25, 0.3) is 11.8 Å². The summed E-state index contributed by atoms with van der Waals surface area (Å²) in [4.78, 5) is 37.4. The van der Waals surface area contributed by atoms with Crippen molar-refractivity contribution in [1.29, 1.82) is 0 Å². The highest BCUT2D eigenvalue weighted by molar-refractivity contribution is 7.07. The molecule has 0 spiro atoms. The van der Waals surface area contributed by atoms with E-state index in [-0.39, 0.29) is 18.4 Å². The Morgan fingerprint density at radius 1 is 1.20 bits per heavy atom. The first-order valence-corrected chi connectivity index (χ1v) is 8.69. The van der Waals surface area contributed by atoms with Crippen LogP contribution >= 0.6 is 11.3 Å². The first-order valence-electron chi connectivity index (χ1n) is 7.75. The van der Waals surface area contributed by atoms with Gasteiger partial charge in [0.15, 0.2) is 6.61 Å². The fourth-order valence-corrected chi connectivity index (χ4v) is 2.70. The number of hydrogen-bond acceptors (Lipinski definition) is 5. The number of benzene rings is 1. The summed E-state index contributed by atoms with van der Waals surface area (Å²) in [7, 11) is 1.65. The molecule has 1 aromatic heterocycles. The van der Waals surface area contributed by atoms with Crippen molar-refractivity contribution >= 4 is 29.1 Å². The predicted octanol–water partition coefficient (Wildman–Crippen LogP) is 2.07. The van der Waals surface area contributed by atoms with Crippen LogP contribution in [0.1, 0.15) is 22.8 Å². The minimum Gasteiger partial charge on any atom is -0.454 e. The Morgan fingerprint density at radius 3 is 2.56 bits per heavy atom. The van der Waals surface area contributed by atoms with Crippen LogP contribution in [0, 0.1) is 0 Å². The molecule has 0 saturated carbocycles. The Labute approximate surface area is 150 Å². The van der Waals surface area contributed by atoms with E-state index in [1.807, 2.05) is 16.8 Å². The van der Waals surface area contributed by atoms with Crippen molar-refractivity contribution in [1.82, 2.24) is 10.2 Å². The van der Waals surface area contributed by atoms with Crippen LogP contribution in [0.4, 0.5) is 0 Å². The maximum Gasteiger partial charge on any atom is 0.328 e. The highest BCUT2D eigenvalue weighted by atomic mass is 32.1. The Balaban J connectivity index is 1.76. The van der Waals surface area contributed by atoms with E-state index in [0.29, 0.717) is 12.1 Å². The summed E-state index contributed by atoms with van der Waals surface area (Å²) in [6.07, 6.45) is 0. The molecular formula is C18H20N2O4S. The van der Waals surface area contributed by atoms with Gasteiger partial charge in [0, 0.05) is 19.2 Å². The van der Waals surface area contributed by atoms with E-state index < -0.39 is 12.0 Å². The molecule has 6 nitrogen and oxygen atoms in total. The van der Waals surface area contributed by atoms with Crippen LogP contribution in [-0.2, 0) is 20.9 Å². The third-order valence-electron chi connectivity index (χ3n) is 3.50. The molecule has 2 rings (SSSR count). The van der Waals surface area contributed by atoms with Crippen LogP contribution in [0.15, 0.2) is 47.2 Å². The Morgan fingerprint density at radius 2 is 1.92 bits per heavy atom. The molecule has 7 heteroatoms. The maximum atomic E-state index is 12.0. The van der Waals surface area contributed by atoms with Gasteiger partial charge in [0.05, 0.1) is 0 Å². The Bertz CT molecular complexity index is 716. The lowest BCUT2D eigenvalue weighted by Gasteiger charge is -2.18. The molecule has 0 fully saturated rings. The molecule has 1 atom stereocenters. The van der Waals surface area contributed by atoms with Crippen molar-refractivity contribution < 1.29 is 19.1 Å². The van der Waals surface area contributed by atoms with Gasteiger partial charge in [-0.25, -0.2) is 4.79 Å². The molecule has 0 aliphatic heterocycles. The summed E-state index contributed by atoms with van der Waals surface area (Å²) in [5.74, 6) is -1.33. The smallest absolute Gasteiger partial charge is 0.328 e. The minimum atomic E-state index is -0.845. The fraction of sp³-hybridized carbons (Fsp3) is 0.278. The standard InChI is InChI=1S/C18H20N2O4S/c1-13(19-17(22)15-6-4-3-5-7-15)18(23)24-11-16(21)20(2)10-14-8-9-25-12-14/h3-9,12-13H,10-11H2,1-2H3,(H,19,22). The van der Waals surface area contributed by atoms with Crippen molar-refractivity contribution in [2.24, 2.45) is 0 Å². The number of esters is 1. The number of ether oxygens (including phenoxy) is 1. The highest BCUT2D eigenvalue weighted by Gasteiger charge is 2.20. The van der Waals surface area contributed by atoms with E-state index in [9.17, 15) is 14.4 Å². The summed E-state index contributed by atoms with van der Waals surface area (Å²) >= 11 is 1.56. The third kappa shape index (κ3) is 5.72. The van der Waals surface area contributed by atoms with E-state index >= 15 is 0 Å². The molecule has 0 radical (unpaired) electrons. The molecule has 132 valence electrons. The molecule has 1 aromatic carbocycles. The largest absolute Gasteiger partial charge is 0.454 e. The quantitative estimate of drug-likeness (QED) is 0.767.